The highest BCUT2D eigenvalue weighted by molar-refractivity contribution is 5.90. The van der Waals surface area contributed by atoms with Crippen LogP contribution in [0.15, 0.2) is 128 Å². The molecule has 6 rings (SSSR count). The smallest absolute Gasteiger partial charge is 0.329 e. The van der Waals surface area contributed by atoms with Crippen LogP contribution in [0.4, 0.5) is 0 Å². The van der Waals surface area contributed by atoms with Crippen molar-refractivity contribution in [3.05, 3.63) is 150 Å². The Bertz CT molecular complexity index is 1800. The molecule has 6 aromatic rings. The summed E-state index contributed by atoms with van der Waals surface area (Å²) in [6.07, 6.45) is 4.45. The maximum Gasteiger partial charge on any atom is 0.329 e. The number of hydrogen-bond acceptors (Lipinski definition) is 5. The first-order chi connectivity index (χ1) is 22.6. The van der Waals surface area contributed by atoms with E-state index in [-0.39, 0.29) is 25.5 Å². The Morgan fingerprint density at radius 1 is 0.696 bits per heavy atom. The van der Waals surface area contributed by atoms with E-state index in [1.807, 2.05) is 66.7 Å². The molecular formula is C39H37N3O4. The van der Waals surface area contributed by atoms with Crippen LogP contribution in [0.25, 0.3) is 21.5 Å². The Kier molecular flexibility index (Phi) is 10.1. The summed E-state index contributed by atoms with van der Waals surface area (Å²) >= 11 is 0. The number of H-pyrrole nitrogens is 1. The highest BCUT2D eigenvalue weighted by Gasteiger charge is 2.28. The van der Waals surface area contributed by atoms with Crippen LogP contribution in [0.2, 0.25) is 0 Å². The lowest BCUT2D eigenvalue weighted by Crippen LogP contribution is -2.47. The van der Waals surface area contributed by atoms with Gasteiger partial charge in [-0.2, -0.15) is 0 Å². The topological polar surface area (TPSA) is 93.3 Å². The number of hydrogen-bond donors (Lipinski definition) is 2. The maximum atomic E-state index is 14.2. The van der Waals surface area contributed by atoms with Crippen LogP contribution in [0.5, 0.6) is 0 Å². The van der Waals surface area contributed by atoms with Crippen molar-refractivity contribution in [2.24, 2.45) is 5.92 Å². The number of amides is 1. The fourth-order valence-corrected chi connectivity index (χ4v) is 5.89. The third-order valence-corrected chi connectivity index (χ3v) is 8.23. The summed E-state index contributed by atoms with van der Waals surface area (Å²) in [5.41, 5.74) is 3.94. The van der Waals surface area contributed by atoms with Crippen LogP contribution in [0.3, 0.4) is 0 Å². The second-order valence-electron chi connectivity index (χ2n) is 11.4. The predicted molar refractivity (Wildman–Crippen MR) is 180 cm³/mol. The second kappa shape index (κ2) is 15.1. The van der Waals surface area contributed by atoms with Crippen molar-refractivity contribution < 1.29 is 19.1 Å². The van der Waals surface area contributed by atoms with Crippen molar-refractivity contribution in [1.82, 2.24) is 15.3 Å². The van der Waals surface area contributed by atoms with Gasteiger partial charge in [0, 0.05) is 24.2 Å². The summed E-state index contributed by atoms with van der Waals surface area (Å²) in [4.78, 5) is 34.8. The summed E-state index contributed by atoms with van der Waals surface area (Å²) in [7, 11) is 0. The molecule has 1 heterocycles. The molecule has 0 bridgehead atoms. The van der Waals surface area contributed by atoms with Crippen LogP contribution < -0.4 is 5.32 Å². The molecule has 1 atom stereocenters. The minimum Gasteiger partial charge on any atom is -0.462 e. The molecule has 0 saturated carbocycles. The van der Waals surface area contributed by atoms with E-state index in [1.165, 1.54) is 0 Å². The molecule has 0 aliphatic heterocycles. The Morgan fingerprint density at radius 3 is 1.93 bits per heavy atom. The number of aromatic amines is 1. The first-order valence-corrected chi connectivity index (χ1v) is 15.6. The van der Waals surface area contributed by atoms with Crippen molar-refractivity contribution in [2.75, 3.05) is 13.2 Å². The molecule has 0 radical (unpaired) electrons. The number of carbonyl (C=O) groups is 2. The Balaban J connectivity index is 1.21. The number of carbonyl (C=O) groups excluding carboxylic acids is 2. The predicted octanol–water partition coefficient (Wildman–Crippen LogP) is 6.61. The molecular weight excluding hydrogens is 574 g/mol. The van der Waals surface area contributed by atoms with Gasteiger partial charge in [0.15, 0.2) is 0 Å². The molecule has 0 unspecified atom stereocenters. The lowest BCUT2D eigenvalue weighted by Gasteiger charge is -2.23. The van der Waals surface area contributed by atoms with Gasteiger partial charge in [-0.05, 0) is 51.1 Å². The Morgan fingerprint density at radius 2 is 1.30 bits per heavy atom. The molecule has 5 aromatic carbocycles. The summed E-state index contributed by atoms with van der Waals surface area (Å²) in [6, 6.07) is 37.7. The molecule has 0 saturated heterocycles. The minimum absolute atomic E-state index is 0.0798. The lowest BCUT2D eigenvalue weighted by molar-refractivity contribution is -0.149. The van der Waals surface area contributed by atoms with Gasteiger partial charge in [-0.15, -0.1) is 0 Å². The molecule has 7 heteroatoms. The first-order valence-electron chi connectivity index (χ1n) is 15.6. The van der Waals surface area contributed by atoms with Crippen LogP contribution >= 0.6 is 0 Å². The summed E-state index contributed by atoms with van der Waals surface area (Å²) < 4.78 is 11.3. The molecule has 1 aromatic heterocycles. The van der Waals surface area contributed by atoms with E-state index in [1.54, 1.807) is 12.5 Å². The molecule has 0 fully saturated rings. The van der Waals surface area contributed by atoms with Gasteiger partial charge in [0.1, 0.15) is 12.6 Å². The third-order valence-electron chi connectivity index (χ3n) is 8.23. The van der Waals surface area contributed by atoms with E-state index in [9.17, 15) is 9.59 Å². The van der Waals surface area contributed by atoms with E-state index >= 15 is 0 Å². The van der Waals surface area contributed by atoms with Crippen LogP contribution in [0.1, 0.15) is 22.4 Å². The first kappa shape index (κ1) is 30.7. The van der Waals surface area contributed by atoms with Gasteiger partial charge in [0.2, 0.25) is 5.91 Å². The Labute approximate surface area is 268 Å². The highest BCUT2D eigenvalue weighted by atomic mass is 16.6. The van der Waals surface area contributed by atoms with Gasteiger partial charge in [0.05, 0.1) is 19.5 Å². The fourth-order valence-electron chi connectivity index (χ4n) is 5.89. The average Bonchev–Trinajstić information content (AvgIpc) is 3.61. The number of aromatic nitrogens is 2. The summed E-state index contributed by atoms with van der Waals surface area (Å²) in [5.74, 6) is -1.16. The summed E-state index contributed by atoms with van der Waals surface area (Å²) in [6.45, 7) is 0.753. The van der Waals surface area contributed by atoms with Crippen molar-refractivity contribution in [3.63, 3.8) is 0 Å². The highest BCUT2D eigenvalue weighted by Crippen LogP contribution is 2.26. The number of esters is 1. The van der Waals surface area contributed by atoms with E-state index in [0.29, 0.717) is 19.4 Å². The fraction of sp³-hybridized carbons (Fsp3) is 0.205. The van der Waals surface area contributed by atoms with Gasteiger partial charge >= 0.3 is 5.97 Å². The minimum atomic E-state index is -0.899. The van der Waals surface area contributed by atoms with Crippen LogP contribution in [-0.4, -0.2) is 41.1 Å². The quantitative estimate of drug-likeness (QED) is 0.107. The van der Waals surface area contributed by atoms with Crippen molar-refractivity contribution in [2.45, 2.75) is 31.9 Å². The SMILES string of the molecule is O=C(N[C@@H](Cc1cnc[nH]1)C(=O)OCCOCc1ccccc1)C(Cc1cccc2ccccc12)Cc1cccc2ccccc12. The normalized spacial score (nSPS) is 11.9. The molecule has 232 valence electrons. The third kappa shape index (κ3) is 7.86. The Hall–Kier alpha value is -5.27. The van der Waals surface area contributed by atoms with Crippen LogP contribution in [-0.2, 0) is 44.9 Å². The van der Waals surface area contributed by atoms with Crippen molar-refractivity contribution in [1.29, 1.82) is 0 Å². The van der Waals surface area contributed by atoms with E-state index in [4.69, 9.17) is 9.47 Å². The number of benzene rings is 5. The number of rotatable bonds is 14. The van der Waals surface area contributed by atoms with Crippen LogP contribution in [0, 0.1) is 5.92 Å². The van der Waals surface area contributed by atoms with E-state index < -0.39 is 17.9 Å². The van der Waals surface area contributed by atoms with Gasteiger partial charge < -0.3 is 19.8 Å². The number of nitrogens with zero attached hydrogens (tertiary/aromatic N) is 1. The van der Waals surface area contributed by atoms with E-state index in [0.717, 1.165) is 43.9 Å². The number of ether oxygens (including phenoxy) is 2. The lowest BCUT2D eigenvalue weighted by atomic mass is 9.87. The van der Waals surface area contributed by atoms with Gasteiger partial charge in [-0.25, -0.2) is 9.78 Å². The summed E-state index contributed by atoms with van der Waals surface area (Å²) in [5, 5.41) is 7.54. The molecule has 0 spiro atoms. The van der Waals surface area contributed by atoms with Gasteiger partial charge in [-0.1, -0.05) is 115 Å². The van der Waals surface area contributed by atoms with E-state index in [2.05, 4.69) is 63.8 Å². The largest absolute Gasteiger partial charge is 0.462 e. The molecule has 0 aliphatic rings. The van der Waals surface area contributed by atoms with Gasteiger partial charge in [0.25, 0.3) is 0 Å². The van der Waals surface area contributed by atoms with Gasteiger partial charge in [-0.3, -0.25) is 4.79 Å². The standard InChI is InChI=1S/C39H37N3O4/c43-38(42-37(24-34-25-40-27-41-34)39(44)46-21-20-45-26-28-10-2-1-3-11-28)33(22-31-16-8-14-29-12-4-6-18-35(29)31)23-32-17-9-15-30-13-5-7-19-36(30)32/h1-19,25,27,33,37H,20-24,26H2,(H,40,41)(H,42,43)/t37-/m0/s1. The zero-order chi connectivity index (χ0) is 31.6. The zero-order valence-electron chi connectivity index (χ0n) is 25.6. The monoisotopic (exact) mass is 611 g/mol. The molecule has 1 amide bonds. The molecule has 0 aliphatic carbocycles. The van der Waals surface area contributed by atoms with Crippen molar-refractivity contribution >= 4 is 33.4 Å². The van der Waals surface area contributed by atoms with Crippen molar-refractivity contribution in [3.8, 4) is 0 Å². The molecule has 7 nitrogen and oxygen atoms in total. The number of fused-ring (bicyclic) bond motifs is 2. The molecule has 46 heavy (non-hydrogen) atoms. The second-order valence-corrected chi connectivity index (χ2v) is 11.4. The average molecular weight is 612 g/mol. The number of nitrogens with one attached hydrogen (secondary N) is 2. The maximum absolute atomic E-state index is 14.2. The number of imidazole rings is 1. The molecule has 2 N–H and O–H groups in total. The zero-order valence-corrected chi connectivity index (χ0v) is 25.6.